The SMILES string of the molecule is O=C(c1cc(Cl)sc1Cl)N1CCN(Cc2cc(=O)n3ccsc3n2)CC1. The third-order valence-electron chi connectivity index (χ3n) is 4.29. The van der Waals surface area contributed by atoms with Gasteiger partial charge in [-0.3, -0.25) is 18.9 Å². The van der Waals surface area contributed by atoms with Gasteiger partial charge in [0, 0.05) is 50.4 Å². The molecule has 0 N–H and O–H groups in total. The van der Waals surface area contributed by atoms with E-state index in [9.17, 15) is 9.59 Å². The van der Waals surface area contributed by atoms with Crippen LogP contribution in [0.5, 0.6) is 0 Å². The van der Waals surface area contributed by atoms with Crippen LogP contribution in [0.3, 0.4) is 0 Å². The Bertz CT molecular complexity index is 1020. The molecule has 1 saturated heterocycles. The Hall–Kier alpha value is -1.45. The van der Waals surface area contributed by atoms with Gasteiger partial charge in [-0.1, -0.05) is 23.2 Å². The molecule has 4 heterocycles. The number of carbonyl (C=O) groups is 1. The lowest BCUT2D eigenvalue weighted by Gasteiger charge is -2.34. The Kier molecular flexibility index (Phi) is 5.02. The van der Waals surface area contributed by atoms with Gasteiger partial charge in [0.25, 0.3) is 11.5 Å². The summed E-state index contributed by atoms with van der Waals surface area (Å²) in [5.41, 5.74) is 1.15. The summed E-state index contributed by atoms with van der Waals surface area (Å²) in [6.45, 7) is 3.22. The maximum atomic E-state index is 12.6. The first-order chi connectivity index (χ1) is 12.5. The maximum absolute atomic E-state index is 12.6. The van der Waals surface area contributed by atoms with Crippen LogP contribution in [0.2, 0.25) is 8.67 Å². The van der Waals surface area contributed by atoms with Crippen molar-refractivity contribution in [1.29, 1.82) is 0 Å². The van der Waals surface area contributed by atoms with E-state index in [1.54, 1.807) is 27.6 Å². The molecule has 1 fully saturated rings. The highest BCUT2D eigenvalue weighted by molar-refractivity contribution is 7.20. The molecule has 0 radical (unpaired) electrons. The average Bonchev–Trinajstić information content (AvgIpc) is 3.21. The highest BCUT2D eigenvalue weighted by Crippen LogP contribution is 2.32. The Balaban J connectivity index is 1.41. The minimum absolute atomic E-state index is 0.0657. The Morgan fingerprint density at radius 2 is 1.96 bits per heavy atom. The largest absolute Gasteiger partial charge is 0.336 e. The van der Waals surface area contributed by atoms with Gasteiger partial charge < -0.3 is 4.90 Å². The number of amides is 1. The van der Waals surface area contributed by atoms with Gasteiger partial charge in [0.1, 0.15) is 4.34 Å². The Morgan fingerprint density at radius 3 is 2.65 bits per heavy atom. The smallest absolute Gasteiger partial charge is 0.258 e. The molecule has 0 saturated carbocycles. The third kappa shape index (κ3) is 3.52. The van der Waals surface area contributed by atoms with Gasteiger partial charge in [-0.05, 0) is 6.07 Å². The zero-order valence-electron chi connectivity index (χ0n) is 13.5. The molecule has 1 aliphatic rings. The second-order valence-corrected chi connectivity index (χ2v) is 9.11. The maximum Gasteiger partial charge on any atom is 0.258 e. The number of piperazine rings is 1. The van der Waals surface area contributed by atoms with Gasteiger partial charge in [-0.25, -0.2) is 4.98 Å². The van der Waals surface area contributed by atoms with Crippen molar-refractivity contribution in [2.45, 2.75) is 6.54 Å². The molecule has 6 nitrogen and oxygen atoms in total. The van der Waals surface area contributed by atoms with Crippen LogP contribution < -0.4 is 5.56 Å². The Labute approximate surface area is 167 Å². The van der Waals surface area contributed by atoms with Crippen molar-refractivity contribution in [3.63, 3.8) is 0 Å². The van der Waals surface area contributed by atoms with Gasteiger partial charge in [0.2, 0.25) is 0 Å². The lowest BCUT2D eigenvalue weighted by atomic mass is 10.2. The van der Waals surface area contributed by atoms with E-state index in [0.717, 1.165) is 5.69 Å². The van der Waals surface area contributed by atoms with Gasteiger partial charge >= 0.3 is 0 Å². The van der Waals surface area contributed by atoms with Crippen molar-refractivity contribution >= 4 is 56.7 Å². The summed E-state index contributed by atoms with van der Waals surface area (Å²) in [5.74, 6) is -0.0887. The lowest BCUT2D eigenvalue weighted by molar-refractivity contribution is 0.0628. The number of hydrogen-bond donors (Lipinski definition) is 0. The number of aromatic nitrogens is 2. The van der Waals surface area contributed by atoms with E-state index in [1.165, 1.54) is 22.7 Å². The van der Waals surface area contributed by atoms with Crippen LogP contribution in [0.25, 0.3) is 4.96 Å². The van der Waals surface area contributed by atoms with Crippen molar-refractivity contribution < 1.29 is 4.79 Å². The van der Waals surface area contributed by atoms with Crippen LogP contribution in [0.15, 0.2) is 28.5 Å². The molecule has 10 heteroatoms. The second kappa shape index (κ2) is 7.28. The van der Waals surface area contributed by atoms with E-state index in [1.807, 2.05) is 5.38 Å². The molecular formula is C16H14Cl2N4O2S2. The van der Waals surface area contributed by atoms with Gasteiger partial charge in [-0.2, -0.15) is 0 Å². The van der Waals surface area contributed by atoms with Gasteiger partial charge in [0.15, 0.2) is 4.96 Å². The fraction of sp³-hybridized carbons (Fsp3) is 0.312. The molecule has 3 aromatic heterocycles. The van der Waals surface area contributed by atoms with Crippen molar-refractivity contribution in [3.8, 4) is 0 Å². The minimum atomic E-state index is -0.0887. The number of rotatable bonds is 3. The van der Waals surface area contributed by atoms with E-state index in [2.05, 4.69) is 9.88 Å². The molecule has 0 unspecified atom stereocenters. The molecule has 136 valence electrons. The molecule has 3 aromatic rings. The molecule has 1 amide bonds. The van der Waals surface area contributed by atoms with Gasteiger partial charge in [-0.15, -0.1) is 22.7 Å². The molecule has 1 aliphatic heterocycles. The molecular weight excluding hydrogens is 415 g/mol. The number of thiazole rings is 1. The van der Waals surface area contributed by atoms with Crippen molar-refractivity contribution in [1.82, 2.24) is 19.2 Å². The van der Waals surface area contributed by atoms with E-state index < -0.39 is 0 Å². The van der Waals surface area contributed by atoms with Crippen molar-refractivity contribution in [2.24, 2.45) is 0 Å². The fourth-order valence-corrected chi connectivity index (χ4v) is 5.15. The van der Waals surface area contributed by atoms with Crippen LogP contribution in [0.1, 0.15) is 16.1 Å². The van der Waals surface area contributed by atoms with Crippen LogP contribution in [-0.2, 0) is 6.54 Å². The molecule has 0 atom stereocenters. The summed E-state index contributed by atoms with van der Waals surface area (Å²) in [7, 11) is 0. The summed E-state index contributed by atoms with van der Waals surface area (Å²) in [4.78, 5) is 33.9. The molecule has 0 spiro atoms. The predicted octanol–water partition coefficient (Wildman–Crippen LogP) is 3.08. The van der Waals surface area contributed by atoms with Crippen LogP contribution in [-0.4, -0.2) is 51.3 Å². The summed E-state index contributed by atoms with van der Waals surface area (Å²) in [6.07, 6.45) is 1.73. The zero-order valence-corrected chi connectivity index (χ0v) is 16.7. The second-order valence-electron chi connectivity index (χ2n) is 5.95. The first-order valence-electron chi connectivity index (χ1n) is 7.93. The summed E-state index contributed by atoms with van der Waals surface area (Å²) in [5, 5.41) is 1.85. The number of thiophene rings is 1. The first-order valence-corrected chi connectivity index (χ1v) is 10.4. The average molecular weight is 429 g/mol. The Morgan fingerprint density at radius 1 is 1.19 bits per heavy atom. The fourth-order valence-electron chi connectivity index (χ4n) is 2.96. The zero-order chi connectivity index (χ0) is 18.3. The quantitative estimate of drug-likeness (QED) is 0.642. The highest BCUT2D eigenvalue weighted by atomic mass is 35.5. The summed E-state index contributed by atoms with van der Waals surface area (Å²) < 4.78 is 2.48. The monoisotopic (exact) mass is 428 g/mol. The van der Waals surface area contributed by atoms with E-state index in [0.29, 0.717) is 51.9 Å². The van der Waals surface area contributed by atoms with E-state index in [-0.39, 0.29) is 11.5 Å². The molecule has 0 aliphatic carbocycles. The van der Waals surface area contributed by atoms with Crippen LogP contribution >= 0.6 is 45.9 Å². The van der Waals surface area contributed by atoms with Crippen LogP contribution in [0, 0.1) is 0 Å². The summed E-state index contributed by atoms with van der Waals surface area (Å²) >= 11 is 14.7. The lowest BCUT2D eigenvalue weighted by Crippen LogP contribution is -2.48. The predicted molar refractivity (Wildman–Crippen MR) is 105 cm³/mol. The number of nitrogens with zero attached hydrogens (tertiary/aromatic N) is 4. The van der Waals surface area contributed by atoms with Crippen molar-refractivity contribution in [3.05, 3.63) is 54.0 Å². The van der Waals surface area contributed by atoms with E-state index in [4.69, 9.17) is 23.2 Å². The normalized spacial score (nSPS) is 15.7. The molecule has 4 rings (SSSR count). The molecule has 26 heavy (non-hydrogen) atoms. The first kappa shape index (κ1) is 17.9. The number of fused-ring (bicyclic) bond motifs is 1. The molecule has 0 bridgehead atoms. The number of halogens is 2. The molecule has 0 aromatic carbocycles. The standard InChI is InChI=1S/C16H14Cl2N4O2S2/c17-12-8-11(14(18)26-12)15(24)21-3-1-20(2-4-21)9-10-7-13(23)22-5-6-25-16(22)19-10/h5-8H,1-4,9H2. The minimum Gasteiger partial charge on any atom is -0.336 e. The van der Waals surface area contributed by atoms with Gasteiger partial charge in [0.05, 0.1) is 15.6 Å². The summed E-state index contributed by atoms with van der Waals surface area (Å²) in [6, 6.07) is 3.20. The van der Waals surface area contributed by atoms with E-state index >= 15 is 0 Å². The number of carbonyl (C=O) groups excluding carboxylic acids is 1. The topological polar surface area (TPSA) is 57.9 Å². The number of hydrogen-bond acceptors (Lipinski definition) is 6. The highest BCUT2D eigenvalue weighted by Gasteiger charge is 2.25. The third-order valence-corrected chi connectivity index (χ3v) is 6.53. The van der Waals surface area contributed by atoms with Crippen molar-refractivity contribution in [2.75, 3.05) is 26.2 Å². The van der Waals surface area contributed by atoms with Crippen LogP contribution in [0.4, 0.5) is 0 Å².